The van der Waals surface area contributed by atoms with Gasteiger partial charge in [0.1, 0.15) is 53.7 Å². The SMILES string of the molecule is CN[C@@]1(C)CC(c2ccc3c(c2O)C(=O)c2c(cc(C(O)(C(=O)OC)C4OC(C)C(O)C(OC)C4O)c4c(=O)cc(C5(C)OC5C)oc24)C3=O)OC(C)C1OC1CC(OC)C(O)C(C)O1. The molecule has 19 nitrogen and oxygen atoms in total. The number of methoxy groups -OCH3 is 3. The number of epoxide rings is 1. The van der Waals surface area contributed by atoms with Gasteiger partial charge in [-0.1, -0.05) is 6.07 Å². The van der Waals surface area contributed by atoms with Crippen LogP contribution in [0.5, 0.6) is 5.75 Å². The molecule has 0 radical (unpaired) electrons. The molecular formula is C46H57NO18. The number of nitrogens with one attached hydrogen (secondary N) is 1. The van der Waals surface area contributed by atoms with Crippen molar-refractivity contribution in [2.45, 2.75) is 151 Å². The monoisotopic (exact) mass is 911 g/mol. The van der Waals surface area contributed by atoms with E-state index in [1.807, 2.05) is 6.92 Å². The highest BCUT2D eigenvalue weighted by atomic mass is 16.7. The first kappa shape index (κ1) is 47.3. The van der Waals surface area contributed by atoms with Crippen LogP contribution in [0.3, 0.4) is 0 Å². The number of aromatic hydroxyl groups is 1. The van der Waals surface area contributed by atoms with E-state index in [0.29, 0.717) is 0 Å². The average Bonchev–Trinajstić information content (AvgIpc) is 3.91. The van der Waals surface area contributed by atoms with E-state index in [0.717, 1.165) is 19.2 Å². The van der Waals surface area contributed by atoms with Gasteiger partial charge >= 0.3 is 5.97 Å². The quantitative estimate of drug-likeness (QED) is 0.0972. The molecule has 4 aliphatic heterocycles. The number of phenols is 1. The summed E-state index contributed by atoms with van der Waals surface area (Å²) < 4.78 is 52.9. The van der Waals surface area contributed by atoms with Gasteiger partial charge in [-0.05, 0) is 67.1 Å². The maximum Gasteiger partial charge on any atom is 0.345 e. The minimum absolute atomic E-state index is 0.0349. The highest BCUT2D eigenvalue weighted by Gasteiger charge is 2.60. The standard InChI is InChI=1S/C46H57NO18/c1-17-33(49)26(57-8)15-29(61-17)64-41-19(3)60-27(16-44(41,5)47-7)21-11-12-22-30(36(21)52)37(53)31-23(35(22)51)13-24(32-25(48)14-28(63-39(31)32)45(6)20(4)65-45)46(56,43(55)59-10)42-38(54)40(58-9)34(50)18(2)62-42/h11-14,17-20,26-27,29,33-34,38,40-42,47,49-50,52,54,56H,15-16H2,1-10H3/t17?,18?,19?,20?,26?,27?,29?,33?,34?,38?,40?,41?,42?,44-,45?,46?/m0/s1. The summed E-state index contributed by atoms with van der Waals surface area (Å²) in [5.41, 5.74) is -8.39. The maximum atomic E-state index is 15.1. The lowest BCUT2D eigenvalue weighted by molar-refractivity contribution is -0.293. The Kier molecular flexibility index (Phi) is 12.2. The van der Waals surface area contributed by atoms with Gasteiger partial charge in [-0.15, -0.1) is 0 Å². The number of esters is 1. The molecule has 0 spiro atoms. The summed E-state index contributed by atoms with van der Waals surface area (Å²) >= 11 is 0. The van der Waals surface area contributed by atoms with Crippen LogP contribution in [0.2, 0.25) is 0 Å². The van der Waals surface area contributed by atoms with E-state index in [1.165, 1.54) is 33.3 Å². The molecule has 19 heteroatoms. The van der Waals surface area contributed by atoms with E-state index in [4.69, 9.17) is 42.3 Å². The van der Waals surface area contributed by atoms with Gasteiger partial charge in [0.2, 0.25) is 11.4 Å². The zero-order valence-corrected chi connectivity index (χ0v) is 37.8. The molecule has 3 aromatic rings. The third-order valence-corrected chi connectivity index (χ3v) is 14.4. The predicted octanol–water partition coefficient (Wildman–Crippen LogP) is 1.52. The van der Waals surface area contributed by atoms with Crippen LogP contribution >= 0.6 is 0 Å². The van der Waals surface area contributed by atoms with Crippen molar-refractivity contribution in [2.75, 3.05) is 28.4 Å². The highest BCUT2D eigenvalue weighted by molar-refractivity contribution is 6.32. The number of carbonyl (C=O) groups is 3. The molecule has 4 fully saturated rings. The molecule has 15 unspecified atom stereocenters. The number of phenolic OH excluding ortho intramolecular Hbond substituents is 1. The minimum atomic E-state index is -3.10. The van der Waals surface area contributed by atoms with Crippen LogP contribution in [0.25, 0.3) is 11.0 Å². The Morgan fingerprint density at radius 1 is 0.862 bits per heavy atom. The van der Waals surface area contributed by atoms with Crippen LogP contribution in [-0.4, -0.2) is 150 Å². The number of ether oxygens (including phenoxy) is 8. The number of rotatable bonds is 10. The third kappa shape index (κ3) is 7.26. The Morgan fingerprint density at radius 3 is 2.15 bits per heavy atom. The lowest BCUT2D eigenvalue weighted by Crippen LogP contribution is -2.65. The van der Waals surface area contributed by atoms with E-state index in [9.17, 15) is 39.9 Å². The molecule has 2 aromatic carbocycles. The molecule has 0 saturated carbocycles. The average molecular weight is 912 g/mol. The first-order valence-corrected chi connectivity index (χ1v) is 21.6. The molecular weight excluding hydrogens is 854 g/mol. The van der Waals surface area contributed by atoms with Crippen LogP contribution in [-0.2, 0) is 53.9 Å². The van der Waals surface area contributed by atoms with Crippen molar-refractivity contribution in [1.82, 2.24) is 5.32 Å². The Morgan fingerprint density at radius 2 is 1.54 bits per heavy atom. The first-order valence-electron chi connectivity index (χ1n) is 21.6. The molecule has 1 aromatic heterocycles. The molecule has 6 N–H and O–H groups in total. The predicted molar refractivity (Wildman–Crippen MR) is 224 cm³/mol. The van der Waals surface area contributed by atoms with E-state index >= 15 is 4.79 Å². The fourth-order valence-corrected chi connectivity index (χ4v) is 10.2. The molecule has 0 bridgehead atoms. The summed E-state index contributed by atoms with van der Waals surface area (Å²) in [4.78, 5) is 58.3. The molecule has 5 aliphatic rings. The Balaban J connectivity index is 1.24. The largest absolute Gasteiger partial charge is 0.507 e. The second-order valence-corrected chi connectivity index (χ2v) is 18.2. The van der Waals surface area contributed by atoms with Crippen molar-refractivity contribution >= 4 is 28.5 Å². The number of aliphatic hydroxyl groups excluding tert-OH is 3. The van der Waals surface area contributed by atoms with E-state index in [1.54, 1.807) is 34.7 Å². The van der Waals surface area contributed by atoms with Crippen molar-refractivity contribution in [3.8, 4) is 5.75 Å². The van der Waals surface area contributed by atoms with Crippen molar-refractivity contribution in [2.24, 2.45) is 0 Å². The number of carbonyl (C=O) groups excluding carboxylic acids is 3. The molecule has 5 heterocycles. The number of aliphatic hydroxyl groups is 4. The second kappa shape index (κ2) is 16.8. The number of ketones is 2. The fraction of sp³-hybridized carbons (Fsp3) is 0.609. The van der Waals surface area contributed by atoms with Gasteiger partial charge in [-0.2, -0.15) is 0 Å². The molecule has 16 atom stereocenters. The summed E-state index contributed by atoms with van der Waals surface area (Å²) in [5, 5.41) is 60.5. The summed E-state index contributed by atoms with van der Waals surface area (Å²) in [7, 11) is 5.40. The van der Waals surface area contributed by atoms with E-state index in [-0.39, 0.29) is 29.7 Å². The Labute approximate surface area is 373 Å². The normalized spacial score (nSPS) is 37.9. The number of hydrogen-bond acceptors (Lipinski definition) is 19. The number of fused-ring (bicyclic) bond motifs is 4. The van der Waals surface area contributed by atoms with Crippen molar-refractivity contribution in [3.63, 3.8) is 0 Å². The van der Waals surface area contributed by atoms with Crippen molar-refractivity contribution in [1.29, 1.82) is 0 Å². The summed E-state index contributed by atoms with van der Waals surface area (Å²) in [6, 6.07) is 4.90. The maximum absolute atomic E-state index is 15.1. The zero-order chi connectivity index (χ0) is 47.4. The molecule has 354 valence electrons. The van der Waals surface area contributed by atoms with Crippen molar-refractivity contribution < 1.29 is 82.2 Å². The molecule has 4 saturated heterocycles. The van der Waals surface area contributed by atoms with Gasteiger partial charge in [0.05, 0.1) is 60.2 Å². The van der Waals surface area contributed by atoms with Crippen LogP contribution in [0, 0.1) is 0 Å². The topological polar surface area (TPSA) is 272 Å². The van der Waals surface area contributed by atoms with Gasteiger partial charge in [0, 0.05) is 54.5 Å². The van der Waals surface area contributed by atoms with Crippen LogP contribution in [0.15, 0.2) is 33.5 Å². The minimum Gasteiger partial charge on any atom is -0.507 e. The summed E-state index contributed by atoms with van der Waals surface area (Å²) in [6.07, 6.45) is -12.6. The van der Waals surface area contributed by atoms with Gasteiger partial charge in [-0.25, -0.2) is 4.79 Å². The zero-order valence-electron chi connectivity index (χ0n) is 37.8. The second-order valence-electron chi connectivity index (χ2n) is 18.2. The highest BCUT2D eigenvalue weighted by Crippen LogP contribution is 2.50. The van der Waals surface area contributed by atoms with Gasteiger partial charge < -0.3 is 73.2 Å². The van der Waals surface area contributed by atoms with Crippen LogP contribution in [0.1, 0.15) is 109 Å². The Bertz CT molecular complexity index is 2470. The van der Waals surface area contributed by atoms with Gasteiger partial charge in [-0.3, -0.25) is 14.4 Å². The van der Waals surface area contributed by atoms with Crippen molar-refractivity contribution in [3.05, 3.63) is 73.6 Å². The van der Waals surface area contributed by atoms with E-state index < -0.39 is 158 Å². The molecule has 0 amide bonds. The van der Waals surface area contributed by atoms with Crippen LogP contribution < -0.4 is 10.7 Å². The third-order valence-electron chi connectivity index (χ3n) is 14.4. The lowest BCUT2D eigenvalue weighted by Gasteiger charge is -2.49. The number of benzene rings is 2. The number of hydrogen-bond donors (Lipinski definition) is 6. The van der Waals surface area contributed by atoms with E-state index in [2.05, 4.69) is 5.32 Å². The fourth-order valence-electron chi connectivity index (χ4n) is 10.2. The summed E-state index contributed by atoms with van der Waals surface area (Å²) in [5.74, 6) is -3.79. The Hall–Kier alpha value is -4.22. The number of likely N-dealkylation sites (N-methyl/N-ethyl adjacent to an activating group) is 1. The smallest absolute Gasteiger partial charge is 0.345 e. The first-order chi connectivity index (χ1) is 30.6. The van der Waals surface area contributed by atoms with Crippen LogP contribution in [0.4, 0.5) is 0 Å². The lowest BCUT2D eigenvalue weighted by atomic mass is 9.74. The summed E-state index contributed by atoms with van der Waals surface area (Å²) in [6.45, 7) is 10.2. The van der Waals surface area contributed by atoms with Gasteiger partial charge in [0.25, 0.3) is 0 Å². The van der Waals surface area contributed by atoms with Gasteiger partial charge in [0.15, 0.2) is 23.1 Å². The molecule has 8 rings (SSSR count). The molecule has 65 heavy (non-hydrogen) atoms. The molecule has 1 aliphatic carbocycles.